The lowest BCUT2D eigenvalue weighted by Crippen LogP contribution is -2.42. The molecule has 1 atom stereocenters. The van der Waals surface area contributed by atoms with Gasteiger partial charge in [0.2, 0.25) is 5.95 Å². The Balaban J connectivity index is 2.78. The highest BCUT2D eigenvalue weighted by Crippen LogP contribution is 2.20. The summed E-state index contributed by atoms with van der Waals surface area (Å²) in [4.78, 5) is 19.0. The minimum atomic E-state index is -1.85. The third-order valence-corrected chi connectivity index (χ3v) is 2.48. The zero-order valence-electron chi connectivity index (χ0n) is 11.1. The molecular weight excluding hydrogens is 234 g/mol. The van der Waals surface area contributed by atoms with Gasteiger partial charge in [-0.25, -0.2) is 14.8 Å². The van der Waals surface area contributed by atoms with Gasteiger partial charge in [-0.15, -0.1) is 0 Å². The first-order valence-corrected chi connectivity index (χ1v) is 5.66. The van der Waals surface area contributed by atoms with Crippen molar-refractivity contribution in [2.45, 2.75) is 38.7 Å². The summed E-state index contributed by atoms with van der Waals surface area (Å²) in [5.41, 5.74) is -1.12. The maximum absolute atomic E-state index is 10.7. The van der Waals surface area contributed by atoms with E-state index in [1.54, 1.807) is 12.3 Å². The summed E-state index contributed by atoms with van der Waals surface area (Å²) in [7, 11) is 0. The van der Waals surface area contributed by atoms with Gasteiger partial charge in [-0.1, -0.05) is 20.8 Å². The third-order valence-electron chi connectivity index (χ3n) is 2.48. The predicted octanol–water partition coefficient (Wildman–Crippen LogP) is 1.02. The molecule has 0 bridgehead atoms. The number of aromatic nitrogens is 2. The highest BCUT2D eigenvalue weighted by molar-refractivity contribution is 5.77. The monoisotopic (exact) mass is 253 g/mol. The number of aliphatic carboxylic acids is 1. The number of aliphatic hydroxyl groups is 1. The predicted molar refractivity (Wildman–Crippen MR) is 67.5 cm³/mol. The molecule has 6 heteroatoms. The van der Waals surface area contributed by atoms with Gasteiger partial charge in [0.15, 0.2) is 5.60 Å². The number of nitrogens with zero attached hydrogens (tertiary/aromatic N) is 2. The van der Waals surface area contributed by atoms with Gasteiger partial charge in [-0.05, 0) is 13.0 Å². The van der Waals surface area contributed by atoms with E-state index in [1.807, 2.05) is 20.8 Å². The molecule has 1 rings (SSSR count). The zero-order chi connectivity index (χ0) is 14.0. The van der Waals surface area contributed by atoms with Gasteiger partial charge in [0, 0.05) is 11.6 Å². The Morgan fingerprint density at radius 3 is 2.50 bits per heavy atom. The fraction of sp³-hybridized carbons (Fsp3) is 0.583. The van der Waals surface area contributed by atoms with Crippen molar-refractivity contribution in [3.8, 4) is 0 Å². The van der Waals surface area contributed by atoms with Gasteiger partial charge in [-0.3, -0.25) is 0 Å². The van der Waals surface area contributed by atoms with Crippen LogP contribution >= 0.6 is 0 Å². The lowest BCUT2D eigenvalue weighted by atomic mass is 9.92. The molecule has 0 aliphatic heterocycles. The molecule has 0 fully saturated rings. The molecule has 0 aliphatic rings. The molecule has 1 heterocycles. The molecule has 3 N–H and O–H groups in total. The van der Waals surface area contributed by atoms with Crippen molar-refractivity contribution in [3.05, 3.63) is 18.0 Å². The van der Waals surface area contributed by atoms with Crippen LogP contribution in [0.3, 0.4) is 0 Å². The lowest BCUT2D eigenvalue weighted by molar-refractivity contribution is -0.155. The Kier molecular flexibility index (Phi) is 3.91. The van der Waals surface area contributed by atoms with Crippen molar-refractivity contribution >= 4 is 11.9 Å². The SMILES string of the molecule is CC(O)(CNc1nccc(C(C)(C)C)n1)C(=O)O. The van der Waals surface area contributed by atoms with Crippen molar-refractivity contribution in [2.24, 2.45) is 0 Å². The number of nitrogens with one attached hydrogen (secondary N) is 1. The summed E-state index contributed by atoms with van der Waals surface area (Å²) in [6.07, 6.45) is 1.60. The van der Waals surface area contributed by atoms with Crippen molar-refractivity contribution in [1.29, 1.82) is 0 Å². The summed E-state index contributed by atoms with van der Waals surface area (Å²) in [5.74, 6) is -0.981. The fourth-order valence-corrected chi connectivity index (χ4v) is 1.19. The second-order valence-electron chi connectivity index (χ2n) is 5.45. The second kappa shape index (κ2) is 4.89. The van der Waals surface area contributed by atoms with E-state index < -0.39 is 11.6 Å². The summed E-state index contributed by atoms with van der Waals surface area (Å²) in [6, 6.07) is 1.81. The number of rotatable bonds is 4. The topological polar surface area (TPSA) is 95.3 Å². The van der Waals surface area contributed by atoms with Gasteiger partial charge < -0.3 is 15.5 Å². The average molecular weight is 253 g/mol. The maximum atomic E-state index is 10.7. The first-order chi connectivity index (χ1) is 8.13. The molecule has 0 aliphatic carbocycles. The van der Waals surface area contributed by atoms with Crippen LogP contribution in [0, 0.1) is 0 Å². The van der Waals surface area contributed by atoms with Gasteiger partial charge in [0.25, 0.3) is 0 Å². The average Bonchev–Trinajstić information content (AvgIpc) is 2.25. The van der Waals surface area contributed by atoms with Crippen molar-refractivity contribution in [1.82, 2.24) is 9.97 Å². The van der Waals surface area contributed by atoms with Gasteiger partial charge in [-0.2, -0.15) is 0 Å². The Morgan fingerprint density at radius 2 is 2.00 bits per heavy atom. The van der Waals surface area contributed by atoms with Crippen molar-refractivity contribution in [2.75, 3.05) is 11.9 Å². The fourth-order valence-electron chi connectivity index (χ4n) is 1.19. The molecule has 0 amide bonds. The van der Waals surface area contributed by atoms with Crippen LogP contribution in [0.4, 0.5) is 5.95 Å². The van der Waals surface area contributed by atoms with E-state index in [4.69, 9.17) is 5.11 Å². The van der Waals surface area contributed by atoms with Gasteiger partial charge >= 0.3 is 5.97 Å². The van der Waals surface area contributed by atoms with E-state index >= 15 is 0 Å². The molecule has 6 nitrogen and oxygen atoms in total. The van der Waals surface area contributed by atoms with Crippen LogP contribution in [-0.4, -0.2) is 38.3 Å². The van der Waals surface area contributed by atoms with Crippen LogP contribution in [0.15, 0.2) is 12.3 Å². The Hall–Kier alpha value is -1.69. The minimum absolute atomic E-state index is 0.116. The molecule has 1 aromatic rings. The Bertz CT molecular complexity index is 438. The standard InChI is InChI=1S/C12H19N3O3/c1-11(2,3)8-5-6-13-10(15-8)14-7-12(4,18)9(16)17/h5-6,18H,7H2,1-4H3,(H,16,17)(H,13,14,15). The number of carbonyl (C=O) groups is 1. The lowest BCUT2D eigenvalue weighted by Gasteiger charge is -2.20. The molecule has 0 radical (unpaired) electrons. The van der Waals surface area contributed by atoms with Gasteiger partial charge in [0.05, 0.1) is 12.2 Å². The number of hydrogen-bond donors (Lipinski definition) is 3. The van der Waals surface area contributed by atoms with E-state index in [0.29, 0.717) is 5.95 Å². The molecular formula is C12H19N3O3. The molecule has 18 heavy (non-hydrogen) atoms. The summed E-state index contributed by atoms with van der Waals surface area (Å²) < 4.78 is 0. The van der Waals surface area contributed by atoms with Crippen molar-refractivity contribution in [3.63, 3.8) is 0 Å². The molecule has 0 saturated heterocycles. The highest BCUT2D eigenvalue weighted by Gasteiger charge is 2.29. The third kappa shape index (κ3) is 3.66. The number of carboxylic acid groups (broad SMARTS) is 1. The van der Waals surface area contributed by atoms with Crippen LogP contribution in [0.5, 0.6) is 0 Å². The normalized spacial score (nSPS) is 14.9. The van der Waals surface area contributed by atoms with E-state index in [9.17, 15) is 9.90 Å². The number of hydrogen-bond acceptors (Lipinski definition) is 5. The molecule has 0 saturated carbocycles. The summed E-state index contributed by atoms with van der Waals surface area (Å²) in [6.45, 7) is 7.12. The Morgan fingerprint density at radius 1 is 1.39 bits per heavy atom. The molecule has 1 unspecified atom stereocenters. The minimum Gasteiger partial charge on any atom is -0.479 e. The Labute approximate surface area is 106 Å². The summed E-state index contributed by atoms with van der Waals surface area (Å²) >= 11 is 0. The largest absolute Gasteiger partial charge is 0.479 e. The van der Waals surface area contributed by atoms with Gasteiger partial charge in [0.1, 0.15) is 0 Å². The molecule has 100 valence electrons. The second-order valence-corrected chi connectivity index (χ2v) is 5.45. The number of anilines is 1. The quantitative estimate of drug-likeness (QED) is 0.741. The van der Waals surface area contributed by atoms with E-state index in [2.05, 4.69) is 15.3 Å². The first-order valence-electron chi connectivity index (χ1n) is 5.66. The zero-order valence-corrected chi connectivity index (χ0v) is 11.1. The van der Waals surface area contributed by atoms with Crippen LogP contribution in [0.2, 0.25) is 0 Å². The van der Waals surface area contributed by atoms with E-state index in [0.717, 1.165) is 5.69 Å². The van der Waals surface area contributed by atoms with Crippen molar-refractivity contribution < 1.29 is 15.0 Å². The van der Waals surface area contributed by atoms with Crippen LogP contribution in [0.1, 0.15) is 33.4 Å². The smallest absolute Gasteiger partial charge is 0.337 e. The molecule has 1 aromatic heterocycles. The van der Waals surface area contributed by atoms with E-state index in [-0.39, 0.29) is 12.0 Å². The molecule has 0 spiro atoms. The highest BCUT2D eigenvalue weighted by atomic mass is 16.4. The number of carboxylic acids is 1. The van der Waals surface area contributed by atoms with Crippen LogP contribution in [0.25, 0.3) is 0 Å². The summed E-state index contributed by atoms with van der Waals surface area (Å²) in [5, 5.41) is 21.1. The van der Waals surface area contributed by atoms with Crippen LogP contribution < -0.4 is 5.32 Å². The van der Waals surface area contributed by atoms with E-state index in [1.165, 1.54) is 6.92 Å². The van der Waals surface area contributed by atoms with Crippen LogP contribution in [-0.2, 0) is 10.2 Å². The molecule has 0 aromatic carbocycles. The maximum Gasteiger partial charge on any atom is 0.337 e. The first kappa shape index (κ1) is 14.4.